The standard InChI is InChI=1S/C9H18Cl2Si/c1-2-9(12)7-8(11)5-3-4-6-10/h2,8-9H,1,3-7H2,12H3. The van der Waals surface area contributed by atoms with Crippen molar-refractivity contribution in [1.82, 2.24) is 0 Å². The van der Waals surface area contributed by atoms with Crippen molar-refractivity contribution in [3.05, 3.63) is 12.7 Å². The van der Waals surface area contributed by atoms with Gasteiger partial charge in [0.05, 0.1) is 0 Å². The molecule has 0 aliphatic carbocycles. The van der Waals surface area contributed by atoms with Crippen LogP contribution in [0.4, 0.5) is 0 Å². The Balaban J connectivity index is 3.32. The number of hydrogen-bond donors (Lipinski definition) is 0. The minimum absolute atomic E-state index is 0.328. The largest absolute Gasteiger partial charge is 0.127 e. The molecule has 0 aliphatic rings. The van der Waals surface area contributed by atoms with Crippen LogP contribution in [-0.4, -0.2) is 21.5 Å². The molecule has 0 aromatic carbocycles. The average molecular weight is 225 g/mol. The normalized spacial score (nSPS) is 15.8. The maximum absolute atomic E-state index is 6.12. The SMILES string of the molecule is C=CC([SiH3])CC(Cl)CCCCCl. The summed E-state index contributed by atoms with van der Waals surface area (Å²) < 4.78 is 0. The van der Waals surface area contributed by atoms with E-state index in [-0.39, 0.29) is 0 Å². The van der Waals surface area contributed by atoms with Gasteiger partial charge in [-0.15, -0.1) is 29.8 Å². The fourth-order valence-electron chi connectivity index (χ4n) is 1.08. The molecule has 3 heteroatoms. The second-order valence-corrected chi connectivity index (χ2v) is 5.71. The third-order valence-corrected chi connectivity index (χ3v) is 3.54. The molecule has 0 aromatic heterocycles. The van der Waals surface area contributed by atoms with Crippen molar-refractivity contribution in [2.75, 3.05) is 5.88 Å². The number of rotatable bonds is 7. The van der Waals surface area contributed by atoms with Gasteiger partial charge in [0.1, 0.15) is 0 Å². The van der Waals surface area contributed by atoms with Crippen LogP contribution in [0.25, 0.3) is 0 Å². The summed E-state index contributed by atoms with van der Waals surface area (Å²) in [7, 11) is 1.17. The Labute approximate surface area is 88.7 Å². The number of allylic oxidation sites excluding steroid dienone is 1. The monoisotopic (exact) mass is 224 g/mol. The summed E-state index contributed by atoms with van der Waals surface area (Å²) in [5.74, 6) is 0.759. The Kier molecular flexibility index (Phi) is 8.51. The van der Waals surface area contributed by atoms with E-state index < -0.39 is 0 Å². The van der Waals surface area contributed by atoms with Crippen molar-refractivity contribution in [3.8, 4) is 0 Å². The van der Waals surface area contributed by atoms with Crippen molar-refractivity contribution in [1.29, 1.82) is 0 Å². The number of alkyl halides is 2. The summed E-state index contributed by atoms with van der Waals surface area (Å²) >= 11 is 11.7. The quantitative estimate of drug-likeness (QED) is 0.270. The molecule has 0 bridgehead atoms. The zero-order valence-electron chi connectivity index (χ0n) is 7.73. The molecule has 0 aliphatic heterocycles. The van der Waals surface area contributed by atoms with Crippen LogP contribution in [0.1, 0.15) is 25.7 Å². The molecule has 0 heterocycles. The second kappa shape index (κ2) is 8.15. The molecule has 0 amide bonds. The highest BCUT2D eigenvalue weighted by molar-refractivity contribution is 6.21. The van der Waals surface area contributed by atoms with Gasteiger partial charge in [-0.2, -0.15) is 0 Å². The molecule has 0 N–H and O–H groups in total. The smallest absolute Gasteiger partial charge is 0.0338 e. The fourth-order valence-corrected chi connectivity index (χ4v) is 2.57. The van der Waals surface area contributed by atoms with Gasteiger partial charge < -0.3 is 0 Å². The number of unbranched alkanes of at least 4 members (excludes halogenated alkanes) is 1. The zero-order valence-corrected chi connectivity index (χ0v) is 11.2. The predicted molar refractivity (Wildman–Crippen MR) is 62.7 cm³/mol. The summed E-state index contributed by atoms with van der Waals surface area (Å²) in [5.41, 5.74) is 0.670. The van der Waals surface area contributed by atoms with Crippen molar-refractivity contribution in [3.63, 3.8) is 0 Å². The Hall–Kier alpha value is 0.537. The van der Waals surface area contributed by atoms with E-state index in [0.29, 0.717) is 10.9 Å². The summed E-state index contributed by atoms with van der Waals surface area (Å²) in [4.78, 5) is 0. The van der Waals surface area contributed by atoms with E-state index >= 15 is 0 Å². The molecular weight excluding hydrogens is 207 g/mol. The van der Waals surface area contributed by atoms with Gasteiger partial charge >= 0.3 is 0 Å². The molecule has 0 fully saturated rings. The van der Waals surface area contributed by atoms with E-state index in [1.807, 2.05) is 6.08 Å². The Morgan fingerprint density at radius 2 is 2.08 bits per heavy atom. The molecule has 12 heavy (non-hydrogen) atoms. The van der Waals surface area contributed by atoms with E-state index in [1.54, 1.807) is 0 Å². The van der Waals surface area contributed by atoms with Gasteiger partial charge in [0.15, 0.2) is 0 Å². The van der Waals surface area contributed by atoms with E-state index in [1.165, 1.54) is 10.2 Å². The van der Waals surface area contributed by atoms with E-state index in [0.717, 1.165) is 31.6 Å². The van der Waals surface area contributed by atoms with Crippen molar-refractivity contribution in [2.24, 2.45) is 0 Å². The molecule has 0 saturated carbocycles. The minimum atomic E-state index is 0.328. The fraction of sp³-hybridized carbons (Fsp3) is 0.778. The molecule has 0 radical (unpaired) electrons. The van der Waals surface area contributed by atoms with Crippen LogP contribution in [0.3, 0.4) is 0 Å². The van der Waals surface area contributed by atoms with E-state index in [2.05, 4.69) is 6.58 Å². The lowest BCUT2D eigenvalue weighted by Gasteiger charge is -2.11. The highest BCUT2D eigenvalue weighted by Crippen LogP contribution is 2.19. The first-order valence-electron chi connectivity index (χ1n) is 4.53. The van der Waals surface area contributed by atoms with Gasteiger partial charge in [-0.3, -0.25) is 0 Å². The predicted octanol–water partition coefficient (Wildman–Crippen LogP) is 2.73. The summed E-state index contributed by atoms with van der Waals surface area (Å²) in [5, 5.41) is 0.328. The highest BCUT2D eigenvalue weighted by Gasteiger charge is 2.07. The first kappa shape index (κ1) is 12.5. The van der Waals surface area contributed by atoms with Gasteiger partial charge in [-0.25, -0.2) is 0 Å². The summed E-state index contributed by atoms with van der Waals surface area (Å²) in [6.45, 7) is 3.77. The molecule has 0 spiro atoms. The van der Waals surface area contributed by atoms with Crippen molar-refractivity contribution in [2.45, 2.75) is 36.6 Å². The minimum Gasteiger partial charge on any atom is -0.127 e. The topological polar surface area (TPSA) is 0 Å². The lowest BCUT2D eigenvalue weighted by atomic mass is 10.1. The molecule has 0 nitrogen and oxygen atoms in total. The maximum Gasteiger partial charge on any atom is 0.0338 e. The molecule has 2 unspecified atom stereocenters. The molecule has 2 atom stereocenters. The lowest BCUT2D eigenvalue weighted by Crippen LogP contribution is -2.02. The van der Waals surface area contributed by atoms with Crippen LogP contribution < -0.4 is 0 Å². The van der Waals surface area contributed by atoms with Crippen LogP contribution in [0.5, 0.6) is 0 Å². The first-order valence-corrected chi connectivity index (χ1v) is 6.65. The Morgan fingerprint density at radius 3 is 2.58 bits per heavy atom. The second-order valence-electron chi connectivity index (χ2n) is 3.23. The number of halogens is 2. The van der Waals surface area contributed by atoms with Crippen LogP contribution in [-0.2, 0) is 0 Å². The van der Waals surface area contributed by atoms with Crippen molar-refractivity contribution >= 4 is 33.4 Å². The summed E-state index contributed by atoms with van der Waals surface area (Å²) in [6, 6.07) is 0. The lowest BCUT2D eigenvalue weighted by molar-refractivity contribution is 0.647. The van der Waals surface area contributed by atoms with Gasteiger partial charge in [0.25, 0.3) is 0 Å². The molecular formula is C9H18Cl2Si. The maximum atomic E-state index is 6.12. The molecule has 0 rings (SSSR count). The highest BCUT2D eigenvalue weighted by atomic mass is 35.5. The van der Waals surface area contributed by atoms with Gasteiger partial charge in [0, 0.05) is 21.5 Å². The first-order chi connectivity index (χ1) is 5.70. The summed E-state index contributed by atoms with van der Waals surface area (Å²) in [6.07, 6.45) is 6.46. The van der Waals surface area contributed by atoms with Gasteiger partial charge in [0.2, 0.25) is 0 Å². The Morgan fingerprint density at radius 1 is 1.42 bits per heavy atom. The van der Waals surface area contributed by atoms with E-state index in [9.17, 15) is 0 Å². The number of hydrogen-bond acceptors (Lipinski definition) is 0. The van der Waals surface area contributed by atoms with E-state index in [4.69, 9.17) is 23.2 Å². The molecule has 72 valence electrons. The van der Waals surface area contributed by atoms with Crippen LogP contribution >= 0.6 is 23.2 Å². The zero-order chi connectivity index (χ0) is 9.40. The van der Waals surface area contributed by atoms with Gasteiger partial charge in [-0.1, -0.05) is 12.5 Å². The van der Waals surface area contributed by atoms with Crippen LogP contribution in [0, 0.1) is 0 Å². The van der Waals surface area contributed by atoms with Crippen molar-refractivity contribution < 1.29 is 0 Å². The molecule has 0 aromatic rings. The average Bonchev–Trinajstić information content (AvgIpc) is 2.05. The van der Waals surface area contributed by atoms with Gasteiger partial charge in [-0.05, 0) is 24.8 Å². The third-order valence-electron chi connectivity index (χ3n) is 1.93. The third kappa shape index (κ3) is 7.20. The Bertz CT molecular complexity index is 117. The van der Waals surface area contributed by atoms with Crippen LogP contribution in [0.2, 0.25) is 5.54 Å². The van der Waals surface area contributed by atoms with Crippen LogP contribution in [0.15, 0.2) is 12.7 Å². The molecule has 0 saturated heterocycles.